The molecule has 2 aromatic carbocycles. The van der Waals surface area contributed by atoms with Gasteiger partial charge in [-0.2, -0.15) is 5.10 Å². The smallest absolute Gasteiger partial charge is 0.338 e. The molecule has 0 spiro atoms. The highest BCUT2D eigenvalue weighted by Crippen LogP contribution is 2.33. The minimum Gasteiger partial charge on any atom is -0.459 e. The van der Waals surface area contributed by atoms with Crippen LogP contribution in [0.4, 0.5) is 9.18 Å². The molecule has 170 valence electrons. The van der Waals surface area contributed by atoms with Gasteiger partial charge in [-0.05, 0) is 44.0 Å². The van der Waals surface area contributed by atoms with Crippen LogP contribution in [0.15, 0.2) is 72.5 Å². The molecule has 33 heavy (non-hydrogen) atoms. The third-order valence-electron chi connectivity index (χ3n) is 5.31. The van der Waals surface area contributed by atoms with E-state index in [-0.39, 0.29) is 29.9 Å². The fourth-order valence-electron chi connectivity index (χ4n) is 3.75. The Bertz CT molecular complexity index is 1190. The SMILES string of the molecule is CC1=C(C(=O)OC(C)C)C(c2ccc(-n3cncn3)c(F)c2)NC(=O)N1Cc1ccccc1. The fraction of sp³-hybridized carbons (Fsp3) is 0.250. The number of aromatic nitrogens is 3. The summed E-state index contributed by atoms with van der Waals surface area (Å²) in [4.78, 5) is 31.4. The minimum atomic E-state index is -0.866. The summed E-state index contributed by atoms with van der Waals surface area (Å²) >= 11 is 0. The standard InChI is InChI=1S/C24H24FN5O3/c1-15(2)33-23(31)21-16(3)29(12-17-7-5-4-6-8-17)24(32)28-22(21)18-9-10-20(19(25)11-18)30-14-26-13-27-30/h4-11,13-15,22H,12H2,1-3H3,(H,28,32). The minimum absolute atomic E-state index is 0.205. The van der Waals surface area contributed by atoms with Crippen LogP contribution in [0.1, 0.15) is 37.9 Å². The number of halogens is 1. The number of ether oxygens (including phenoxy) is 1. The average molecular weight is 449 g/mol. The predicted octanol–water partition coefficient (Wildman–Crippen LogP) is 3.90. The molecule has 4 rings (SSSR count). The van der Waals surface area contributed by atoms with Gasteiger partial charge in [-0.3, -0.25) is 4.90 Å². The van der Waals surface area contributed by atoms with E-state index in [1.165, 1.54) is 34.4 Å². The second-order valence-corrected chi connectivity index (χ2v) is 7.96. The van der Waals surface area contributed by atoms with Crippen molar-refractivity contribution < 1.29 is 18.7 Å². The predicted molar refractivity (Wildman–Crippen MR) is 119 cm³/mol. The Morgan fingerprint density at radius 2 is 1.97 bits per heavy atom. The van der Waals surface area contributed by atoms with Crippen LogP contribution in [0.2, 0.25) is 0 Å². The van der Waals surface area contributed by atoms with E-state index in [9.17, 15) is 14.0 Å². The van der Waals surface area contributed by atoms with E-state index >= 15 is 0 Å². The van der Waals surface area contributed by atoms with Crippen LogP contribution in [0.3, 0.4) is 0 Å². The molecule has 0 radical (unpaired) electrons. The molecule has 1 unspecified atom stereocenters. The second kappa shape index (κ2) is 9.23. The highest BCUT2D eigenvalue weighted by atomic mass is 19.1. The quantitative estimate of drug-likeness (QED) is 0.577. The molecule has 0 saturated heterocycles. The zero-order chi connectivity index (χ0) is 23.5. The van der Waals surface area contributed by atoms with Crippen molar-refractivity contribution in [1.82, 2.24) is 25.0 Å². The lowest BCUT2D eigenvalue weighted by atomic mass is 9.94. The van der Waals surface area contributed by atoms with E-state index < -0.39 is 17.8 Å². The first-order valence-electron chi connectivity index (χ1n) is 10.5. The lowest BCUT2D eigenvalue weighted by Gasteiger charge is -2.35. The normalized spacial score (nSPS) is 16.2. The molecule has 9 heteroatoms. The molecule has 2 heterocycles. The van der Waals surface area contributed by atoms with Crippen LogP contribution in [0.5, 0.6) is 0 Å². The van der Waals surface area contributed by atoms with Crippen LogP contribution in [-0.4, -0.2) is 37.8 Å². The maximum absolute atomic E-state index is 14.9. The van der Waals surface area contributed by atoms with E-state index in [2.05, 4.69) is 15.4 Å². The number of carbonyl (C=O) groups excluding carboxylic acids is 2. The van der Waals surface area contributed by atoms with Gasteiger partial charge in [0.05, 0.1) is 24.3 Å². The maximum atomic E-state index is 14.9. The molecular formula is C24H24FN5O3. The summed E-state index contributed by atoms with van der Waals surface area (Å²) < 4.78 is 21.7. The average Bonchev–Trinajstić information content (AvgIpc) is 3.31. The van der Waals surface area contributed by atoms with Crippen LogP contribution in [-0.2, 0) is 16.1 Å². The van der Waals surface area contributed by atoms with Crippen molar-refractivity contribution >= 4 is 12.0 Å². The van der Waals surface area contributed by atoms with Crippen molar-refractivity contribution in [3.8, 4) is 5.69 Å². The van der Waals surface area contributed by atoms with Crippen LogP contribution >= 0.6 is 0 Å². The molecule has 8 nitrogen and oxygen atoms in total. The Balaban J connectivity index is 1.74. The number of hydrogen-bond donors (Lipinski definition) is 1. The molecule has 0 bridgehead atoms. The molecular weight excluding hydrogens is 425 g/mol. The van der Waals surface area contributed by atoms with Gasteiger partial charge in [0, 0.05) is 5.70 Å². The number of nitrogens with one attached hydrogen (secondary N) is 1. The topological polar surface area (TPSA) is 89.4 Å². The molecule has 1 aliphatic heterocycles. The molecule has 0 saturated carbocycles. The first kappa shape index (κ1) is 22.2. The summed E-state index contributed by atoms with van der Waals surface area (Å²) in [5, 5.41) is 6.79. The first-order valence-corrected chi connectivity index (χ1v) is 10.5. The van der Waals surface area contributed by atoms with Crippen LogP contribution in [0, 0.1) is 5.82 Å². The van der Waals surface area contributed by atoms with Crippen molar-refractivity contribution in [3.63, 3.8) is 0 Å². The van der Waals surface area contributed by atoms with Gasteiger partial charge in [-0.1, -0.05) is 36.4 Å². The Morgan fingerprint density at radius 1 is 1.21 bits per heavy atom. The highest BCUT2D eigenvalue weighted by molar-refractivity contribution is 5.95. The summed E-state index contributed by atoms with van der Waals surface area (Å²) in [7, 11) is 0. The fourth-order valence-corrected chi connectivity index (χ4v) is 3.75. The Labute approximate surface area is 190 Å². The van der Waals surface area contributed by atoms with Crippen LogP contribution in [0.25, 0.3) is 5.69 Å². The Hall–Kier alpha value is -4.01. The van der Waals surface area contributed by atoms with Crippen LogP contribution < -0.4 is 5.32 Å². The third kappa shape index (κ3) is 4.62. The molecule has 1 aliphatic rings. The number of amides is 2. The largest absolute Gasteiger partial charge is 0.459 e. The van der Waals surface area contributed by atoms with Gasteiger partial charge < -0.3 is 10.1 Å². The molecule has 1 aromatic heterocycles. The molecule has 0 fully saturated rings. The highest BCUT2D eigenvalue weighted by Gasteiger charge is 2.37. The van der Waals surface area contributed by atoms with Crippen molar-refractivity contribution in [1.29, 1.82) is 0 Å². The Morgan fingerprint density at radius 3 is 2.61 bits per heavy atom. The van der Waals surface area contributed by atoms with Gasteiger partial charge in [0.15, 0.2) is 0 Å². The van der Waals surface area contributed by atoms with Gasteiger partial charge in [0.25, 0.3) is 0 Å². The zero-order valence-electron chi connectivity index (χ0n) is 18.5. The lowest BCUT2D eigenvalue weighted by Crippen LogP contribution is -2.47. The van der Waals surface area contributed by atoms with Crippen molar-refractivity contribution in [3.05, 3.63) is 89.4 Å². The molecule has 0 aliphatic carbocycles. The number of benzene rings is 2. The van der Waals surface area contributed by atoms with E-state index in [0.717, 1.165) is 5.56 Å². The summed E-state index contributed by atoms with van der Waals surface area (Å²) in [5.41, 5.74) is 2.24. The molecule has 1 atom stereocenters. The summed E-state index contributed by atoms with van der Waals surface area (Å²) in [6, 6.07) is 12.7. The van der Waals surface area contributed by atoms with Gasteiger partial charge >= 0.3 is 12.0 Å². The number of hydrogen-bond acceptors (Lipinski definition) is 5. The summed E-state index contributed by atoms with van der Waals surface area (Å²) in [5.74, 6) is -1.13. The maximum Gasteiger partial charge on any atom is 0.338 e. The van der Waals surface area contributed by atoms with E-state index in [4.69, 9.17) is 4.74 Å². The monoisotopic (exact) mass is 449 g/mol. The van der Waals surface area contributed by atoms with E-state index in [1.807, 2.05) is 30.3 Å². The number of allylic oxidation sites excluding steroid dienone is 1. The zero-order valence-corrected chi connectivity index (χ0v) is 18.5. The molecule has 2 amide bonds. The van der Waals surface area contributed by atoms with Gasteiger partial charge in [0.1, 0.15) is 24.2 Å². The number of esters is 1. The molecule has 1 N–H and O–H groups in total. The lowest BCUT2D eigenvalue weighted by molar-refractivity contribution is -0.143. The summed E-state index contributed by atoms with van der Waals surface area (Å²) in [6.07, 6.45) is 2.34. The first-order chi connectivity index (χ1) is 15.8. The number of nitrogens with zero attached hydrogens (tertiary/aromatic N) is 4. The van der Waals surface area contributed by atoms with Gasteiger partial charge in [-0.25, -0.2) is 23.6 Å². The van der Waals surface area contributed by atoms with Crippen molar-refractivity contribution in [2.75, 3.05) is 0 Å². The van der Waals surface area contributed by atoms with E-state index in [0.29, 0.717) is 11.3 Å². The second-order valence-electron chi connectivity index (χ2n) is 7.96. The van der Waals surface area contributed by atoms with Crippen molar-refractivity contribution in [2.45, 2.75) is 39.5 Å². The van der Waals surface area contributed by atoms with Gasteiger partial charge in [0.2, 0.25) is 0 Å². The van der Waals surface area contributed by atoms with Gasteiger partial charge in [-0.15, -0.1) is 0 Å². The Kier molecular flexibility index (Phi) is 6.21. The number of urea groups is 1. The van der Waals surface area contributed by atoms with E-state index in [1.54, 1.807) is 26.8 Å². The number of rotatable bonds is 6. The molecule has 3 aromatic rings. The van der Waals surface area contributed by atoms with Crippen molar-refractivity contribution in [2.24, 2.45) is 0 Å². The number of carbonyl (C=O) groups is 2. The summed E-state index contributed by atoms with van der Waals surface area (Å²) in [6.45, 7) is 5.48. The third-order valence-corrected chi connectivity index (χ3v) is 5.31.